The number of ketones is 5. The van der Waals surface area contributed by atoms with Gasteiger partial charge in [0.1, 0.15) is 11.7 Å². The SMILES string of the molecule is CCC(=O)C1C(=O)CC(c2c(C)cc(C)c(C(=O)CC(C)=O)c2C)CC1=O. The minimum absolute atomic E-state index is 0.118. The molecule has 27 heavy (non-hydrogen) atoms. The van der Waals surface area contributed by atoms with E-state index in [9.17, 15) is 24.0 Å². The second-order valence-electron chi connectivity index (χ2n) is 7.52. The molecule has 0 N–H and O–H groups in total. The molecular formula is C22H26O5. The molecule has 0 aliphatic heterocycles. The van der Waals surface area contributed by atoms with Crippen molar-refractivity contribution in [3.8, 4) is 0 Å². The Balaban J connectivity index is 2.46. The summed E-state index contributed by atoms with van der Waals surface area (Å²) in [5.41, 5.74) is 3.74. The van der Waals surface area contributed by atoms with Gasteiger partial charge in [-0.25, -0.2) is 0 Å². The number of benzene rings is 1. The van der Waals surface area contributed by atoms with Crippen LogP contribution in [0.25, 0.3) is 0 Å². The Hall–Kier alpha value is -2.43. The Bertz CT molecular complexity index is 829. The number of aryl methyl sites for hydroxylation is 2. The molecule has 0 saturated heterocycles. The summed E-state index contributed by atoms with van der Waals surface area (Å²) in [5.74, 6) is -2.90. The molecule has 1 fully saturated rings. The predicted molar refractivity (Wildman–Crippen MR) is 101 cm³/mol. The molecule has 0 radical (unpaired) electrons. The highest BCUT2D eigenvalue weighted by Gasteiger charge is 2.40. The van der Waals surface area contributed by atoms with Gasteiger partial charge in [0.2, 0.25) is 0 Å². The van der Waals surface area contributed by atoms with Gasteiger partial charge in [-0.3, -0.25) is 24.0 Å². The molecule has 1 saturated carbocycles. The molecule has 1 aliphatic rings. The highest BCUT2D eigenvalue weighted by molar-refractivity contribution is 6.21. The summed E-state index contributed by atoms with van der Waals surface area (Å²) in [5, 5.41) is 0. The van der Waals surface area contributed by atoms with Crippen LogP contribution in [0.4, 0.5) is 0 Å². The summed E-state index contributed by atoms with van der Waals surface area (Å²) < 4.78 is 0. The maximum atomic E-state index is 12.6. The zero-order valence-corrected chi connectivity index (χ0v) is 16.6. The van der Waals surface area contributed by atoms with Gasteiger partial charge in [0.15, 0.2) is 23.1 Å². The van der Waals surface area contributed by atoms with Crippen molar-refractivity contribution in [3.05, 3.63) is 33.9 Å². The van der Waals surface area contributed by atoms with Gasteiger partial charge in [-0.1, -0.05) is 13.0 Å². The van der Waals surface area contributed by atoms with Gasteiger partial charge in [0.25, 0.3) is 0 Å². The second-order valence-corrected chi connectivity index (χ2v) is 7.52. The van der Waals surface area contributed by atoms with E-state index < -0.39 is 5.92 Å². The fraction of sp³-hybridized carbons (Fsp3) is 0.500. The van der Waals surface area contributed by atoms with E-state index in [1.54, 1.807) is 13.8 Å². The van der Waals surface area contributed by atoms with Crippen molar-refractivity contribution in [3.63, 3.8) is 0 Å². The minimum Gasteiger partial charge on any atom is -0.300 e. The van der Waals surface area contributed by atoms with E-state index in [0.717, 1.165) is 22.3 Å². The van der Waals surface area contributed by atoms with E-state index in [-0.39, 0.29) is 60.5 Å². The van der Waals surface area contributed by atoms with Crippen molar-refractivity contribution >= 4 is 28.9 Å². The average Bonchev–Trinajstić information content (AvgIpc) is 2.52. The maximum absolute atomic E-state index is 12.6. The smallest absolute Gasteiger partial charge is 0.170 e. The van der Waals surface area contributed by atoms with Crippen molar-refractivity contribution in [2.75, 3.05) is 0 Å². The number of carbonyl (C=O) groups excluding carboxylic acids is 5. The van der Waals surface area contributed by atoms with Crippen LogP contribution in [0, 0.1) is 26.7 Å². The molecule has 1 aromatic rings. The number of Topliss-reactive ketones (excluding diaryl/α,β-unsaturated/α-hetero) is 5. The van der Waals surface area contributed by atoms with Gasteiger partial charge in [-0.15, -0.1) is 0 Å². The second kappa shape index (κ2) is 8.07. The van der Waals surface area contributed by atoms with E-state index in [0.29, 0.717) is 5.56 Å². The Morgan fingerprint density at radius 1 is 1.00 bits per heavy atom. The zero-order chi connectivity index (χ0) is 20.5. The third-order valence-corrected chi connectivity index (χ3v) is 5.34. The monoisotopic (exact) mass is 370 g/mol. The van der Waals surface area contributed by atoms with Crippen LogP contribution in [0.2, 0.25) is 0 Å². The largest absolute Gasteiger partial charge is 0.300 e. The maximum Gasteiger partial charge on any atom is 0.170 e. The molecule has 0 unspecified atom stereocenters. The van der Waals surface area contributed by atoms with Crippen LogP contribution in [0.5, 0.6) is 0 Å². The van der Waals surface area contributed by atoms with Gasteiger partial charge in [0, 0.05) is 24.8 Å². The summed E-state index contributed by atoms with van der Waals surface area (Å²) in [6, 6.07) is 1.87. The fourth-order valence-electron chi connectivity index (χ4n) is 4.31. The Morgan fingerprint density at radius 2 is 1.56 bits per heavy atom. The Labute approximate surface area is 159 Å². The van der Waals surface area contributed by atoms with Gasteiger partial charge >= 0.3 is 0 Å². The van der Waals surface area contributed by atoms with Gasteiger partial charge in [-0.2, -0.15) is 0 Å². The first kappa shape index (κ1) is 20.9. The first-order chi connectivity index (χ1) is 12.6. The van der Waals surface area contributed by atoms with Gasteiger partial charge in [0.05, 0.1) is 6.42 Å². The van der Waals surface area contributed by atoms with Gasteiger partial charge in [-0.05, 0) is 55.9 Å². The van der Waals surface area contributed by atoms with Crippen molar-refractivity contribution < 1.29 is 24.0 Å². The summed E-state index contributed by atoms with van der Waals surface area (Å²) in [6.45, 7) is 8.55. The van der Waals surface area contributed by atoms with Crippen LogP contribution in [0.3, 0.4) is 0 Å². The average molecular weight is 370 g/mol. The molecule has 5 nitrogen and oxygen atoms in total. The lowest BCUT2D eigenvalue weighted by Crippen LogP contribution is -2.38. The zero-order valence-electron chi connectivity index (χ0n) is 16.6. The predicted octanol–water partition coefficient (Wildman–Crippen LogP) is 3.38. The highest BCUT2D eigenvalue weighted by Crippen LogP contribution is 2.38. The number of rotatable bonds is 6. The molecule has 1 aromatic carbocycles. The quantitative estimate of drug-likeness (QED) is 0.566. The molecular weight excluding hydrogens is 344 g/mol. The Morgan fingerprint density at radius 3 is 2.04 bits per heavy atom. The third-order valence-electron chi connectivity index (χ3n) is 5.34. The molecule has 5 heteroatoms. The fourth-order valence-corrected chi connectivity index (χ4v) is 4.31. The lowest BCUT2D eigenvalue weighted by Gasteiger charge is -2.29. The standard InChI is InChI=1S/C22H26O5/c1-6-16(24)22-18(26)9-15(10-19(22)27)20-11(2)7-12(3)21(14(20)5)17(25)8-13(4)23/h7,15,22H,6,8-10H2,1-5H3. The molecule has 0 amide bonds. The molecule has 0 atom stereocenters. The molecule has 0 bridgehead atoms. The molecule has 1 aliphatic carbocycles. The molecule has 0 heterocycles. The lowest BCUT2D eigenvalue weighted by molar-refractivity contribution is -0.142. The first-order valence-electron chi connectivity index (χ1n) is 9.29. The van der Waals surface area contributed by atoms with Crippen LogP contribution in [-0.4, -0.2) is 28.9 Å². The van der Waals surface area contributed by atoms with Crippen LogP contribution >= 0.6 is 0 Å². The van der Waals surface area contributed by atoms with E-state index >= 15 is 0 Å². The van der Waals surface area contributed by atoms with Crippen molar-refractivity contribution in [1.82, 2.24) is 0 Å². The number of carbonyl (C=O) groups is 5. The highest BCUT2D eigenvalue weighted by atomic mass is 16.2. The third kappa shape index (κ3) is 4.12. The van der Waals surface area contributed by atoms with Crippen LogP contribution < -0.4 is 0 Å². The van der Waals surface area contributed by atoms with Crippen LogP contribution in [0.15, 0.2) is 6.07 Å². The summed E-state index contributed by atoms with van der Waals surface area (Å²) >= 11 is 0. The van der Waals surface area contributed by atoms with Crippen molar-refractivity contribution in [2.24, 2.45) is 5.92 Å². The first-order valence-corrected chi connectivity index (χ1v) is 9.29. The van der Waals surface area contributed by atoms with Crippen LogP contribution in [0.1, 0.15) is 78.1 Å². The summed E-state index contributed by atoms with van der Waals surface area (Å²) in [7, 11) is 0. The van der Waals surface area contributed by atoms with E-state index in [4.69, 9.17) is 0 Å². The minimum atomic E-state index is -1.13. The normalized spacial score (nSPS) is 19.9. The van der Waals surface area contributed by atoms with E-state index in [1.165, 1.54) is 6.92 Å². The molecule has 144 valence electrons. The van der Waals surface area contributed by atoms with Crippen LogP contribution in [-0.2, 0) is 19.2 Å². The van der Waals surface area contributed by atoms with Crippen molar-refractivity contribution in [2.45, 2.75) is 66.2 Å². The van der Waals surface area contributed by atoms with E-state index in [2.05, 4.69) is 0 Å². The van der Waals surface area contributed by atoms with Crippen molar-refractivity contribution in [1.29, 1.82) is 0 Å². The molecule has 0 spiro atoms. The number of hydrogen-bond acceptors (Lipinski definition) is 5. The lowest BCUT2D eigenvalue weighted by atomic mass is 9.72. The number of hydrogen-bond donors (Lipinski definition) is 0. The molecule has 0 aromatic heterocycles. The summed E-state index contributed by atoms with van der Waals surface area (Å²) in [4.78, 5) is 60.8. The topological polar surface area (TPSA) is 85.3 Å². The Kier molecular flexibility index (Phi) is 6.24. The molecule has 2 rings (SSSR count). The van der Waals surface area contributed by atoms with Gasteiger partial charge < -0.3 is 0 Å². The van der Waals surface area contributed by atoms with E-state index in [1.807, 2.05) is 19.9 Å². The summed E-state index contributed by atoms with van der Waals surface area (Å²) in [6.07, 6.45) is 0.235.